The van der Waals surface area contributed by atoms with Crippen LogP contribution in [0.1, 0.15) is 5.69 Å². The van der Waals surface area contributed by atoms with Crippen LogP contribution < -0.4 is 5.73 Å². The van der Waals surface area contributed by atoms with E-state index in [-0.39, 0.29) is 0 Å². The molecule has 0 radical (unpaired) electrons. The minimum absolute atomic E-state index is 0.616. The van der Waals surface area contributed by atoms with Gasteiger partial charge in [0.25, 0.3) is 0 Å². The van der Waals surface area contributed by atoms with E-state index in [0.29, 0.717) is 6.54 Å². The first-order chi connectivity index (χ1) is 6.29. The normalized spacial score (nSPS) is 10.9. The van der Waals surface area contributed by atoms with Crippen LogP contribution in [0.2, 0.25) is 0 Å². The summed E-state index contributed by atoms with van der Waals surface area (Å²) in [5, 5.41) is 4.31. The fourth-order valence-electron chi connectivity index (χ4n) is 1.17. The Morgan fingerprint density at radius 3 is 3.15 bits per heavy atom. The topological polar surface area (TPSA) is 56.2 Å². The molecule has 0 unspecified atom stereocenters. The predicted molar refractivity (Wildman–Crippen MR) is 53.4 cm³/mol. The second-order valence-electron chi connectivity index (χ2n) is 2.75. The first-order valence-electron chi connectivity index (χ1n) is 3.99. The first-order valence-corrected chi connectivity index (χ1v) is 4.79. The van der Waals surface area contributed by atoms with Crippen LogP contribution in [0.15, 0.2) is 22.9 Å². The molecule has 0 bridgehead atoms. The van der Waals surface area contributed by atoms with Crippen LogP contribution in [0.5, 0.6) is 0 Å². The number of hydrogen-bond donors (Lipinski definition) is 1. The van der Waals surface area contributed by atoms with Crippen LogP contribution in [0.3, 0.4) is 0 Å². The quantitative estimate of drug-likeness (QED) is 0.853. The Bertz CT molecular complexity index is 423. The van der Waals surface area contributed by atoms with E-state index in [4.69, 9.17) is 5.73 Å². The smallest absolute Gasteiger partial charge is 0.155 e. The van der Waals surface area contributed by atoms with Gasteiger partial charge in [-0.25, -0.2) is 9.50 Å². The van der Waals surface area contributed by atoms with Crippen LogP contribution in [0.25, 0.3) is 5.65 Å². The lowest BCUT2D eigenvalue weighted by Gasteiger charge is -1.91. The highest BCUT2D eigenvalue weighted by molar-refractivity contribution is 9.10. The molecule has 0 aromatic carbocycles. The van der Waals surface area contributed by atoms with Gasteiger partial charge in [0, 0.05) is 24.9 Å². The number of rotatable bonds is 2. The van der Waals surface area contributed by atoms with Gasteiger partial charge in [-0.3, -0.25) is 0 Å². The van der Waals surface area contributed by atoms with E-state index in [0.717, 1.165) is 22.2 Å². The van der Waals surface area contributed by atoms with Crippen molar-refractivity contribution in [2.45, 2.75) is 6.42 Å². The second kappa shape index (κ2) is 3.43. The summed E-state index contributed by atoms with van der Waals surface area (Å²) in [5.74, 6) is 0. The Morgan fingerprint density at radius 2 is 2.38 bits per heavy atom. The van der Waals surface area contributed by atoms with Gasteiger partial charge in [-0.05, 0) is 22.5 Å². The van der Waals surface area contributed by atoms with E-state index < -0.39 is 0 Å². The van der Waals surface area contributed by atoms with Crippen LogP contribution in [-0.4, -0.2) is 21.1 Å². The van der Waals surface area contributed by atoms with Gasteiger partial charge in [-0.15, -0.1) is 0 Å². The lowest BCUT2D eigenvalue weighted by atomic mass is 10.3. The molecule has 2 N–H and O–H groups in total. The van der Waals surface area contributed by atoms with Crippen molar-refractivity contribution in [1.82, 2.24) is 14.6 Å². The van der Waals surface area contributed by atoms with Gasteiger partial charge in [0.15, 0.2) is 5.65 Å². The van der Waals surface area contributed by atoms with Crippen molar-refractivity contribution >= 4 is 21.6 Å². The van der Waals surface area contributed by atoms with Crippen LogP contribution >= 0.6 is 15.9 Å². The fraction of sp³-hybridized carbons (Fsp3) is 0.250. The Morgan fingerprint density at radius 1 is 1.54 bits per heavy atom. The Hall–Kier alpha value is -0.940. The zero-order valence-corrected chi connectivity index (χ0v) is 8.53. The minimum Gasteiger partial charge on any atom is -0.330 e. The van der Waals surface area contributed by atoms with E-state index >= 15 is 0 Å². The monoisotopic (exact) mass is 240 g/mol. The van der Waals surface area contributed by atoms with E-state index in [1.54, 1.807) is 10.7 Å². The van der Waals surface area contributed by atoms with Crippen molar-refractivity contribution in [3.8, 4) is 0 Å². The third kappa shape index (κ3) is 1.71. The number of aromatic nitrogens is 3. The molecule has 0 saturated carbocycles. The molecule has 5 heteroatoms. The van der Waals surface area contributed by atoms with Crippen molar-refractivity contribution in [3.63, 3.8) is 0 Å². The molecule has 2 rings (SSSR count). The molecule has 0 aliphatic heterocycles. The Balaban J connectivity index is 2.49. The summed E-state index contributed by atoms with van der Waals surface area (Å²) in [5.41, 5.74) is 7.27. The Kier molecular flexibility index (Phi) is 2.28. The lowest BCUT2D eigenvalue weighted by Crippen LogP contribution is -2.03. The van der Waals surface area contributed by atoms with Gasteiger partial charge in [0.2, 0.25) is 0 Å². The van der Waals surface area contributed by atoms with E-state index in [2.05, 4.69) is 26.0 Å². The zero-order valence-electron chi connectivity index (χ0n) is 6.94. The highest BCUT2D eigenvalue weighted by Crippen LogP contribution is 2.09. The van der Waals surface area contributed by atoms with Gasteiger partial charge in [-0.2, -0.15) is 5.10 Å². The zero-order chi connectivity index (χ0) is 9.26. The summed E-state index contributed by atoms with van der Waals surface area (Å²) in [6.07, 6.45) is 4.42. The van der Waals surface area contributed by atoms with E-state index in [1.165, 1.54) is 0 Å². The average molecular weight is 241 g/mol. The van der Waals surface area contributed by atoms with Crippen LogP contribution in [0.4, 0.5) is 0 Å². The molecule has 2 aromatic heterocycles. The molecule has 0 aliphatic rings. The van der Waals surface area contributed by atoms with Crippen molar-refractivity contribution in [3.05, 3.63) is 28.6 Å². The molecular formula is C8H9BrN4. The predicted octanol–water partition coefficient (Wildman–Crippen LogP) is 0.993. The highest BCUT2D eigenvalue weighted by Gasteiger charge is 2.01. The minimum atomic E-state index is 0.616. The SMILES string of the molecule is NCCc1cc2ncc(Br)cn2n1. The van der Waals surface area contributed by atoms with Crippen molar-refractivity contribution in [2.24, 2.45) is 5.73 Å². The number of hydrogen-bond acceptors (Lipinski definition) is 3. The largest absolute Gasteiger partial charge is 0.330 e. The molecule has 0 amide bonds. The van der Waals surface area contributed by atoms with Crippen LogP contribution in [-0.2, 0) is 6.42 Å². The number of nitrogens with two attached hydrogens (primary N) is 1. The van der Waals surface area contributed by atoms with Gasteiger partial charge in [0.05, 0.1) is 10.2 Å². The summed E-state index contributed by atoms with van der Waals surface area (Å²) in [4.78, 5) is 4.20. The van der Waals surface area contributed by atoms with E-state index in [1.807, 2.05) is 12.3 Å². The third-order valence-corrected chi connectivity index (χ3v) is 2.14. The average Bonchev–Trinajstić information content (AvgIpc) is 2.46. The maximum atomic E-state index is 5.43. The maximum Gasteiger partial charge on any atom is 0.155 e. The number of halogens is 1. The van der Waals surface area contributed by atoms with Crippen molar-refractivity contribution in [2.75, 3.05) is 6.54 Å². The van der Waals surface area contributed by atoms with Gasteiger partial charge in [0.1, 0.15) is 0 Å². The molecule has 0 atom stereocenters. The molecule has 13 heavy (non-hydrogen) atoms. The molecular weight excluding hydrogens is 232 g/mol. The van der Waals surface area contributed by atoms with Crippen LogP contribution in [0, 0.1) is 0 Å². The summed E-state index contributed by atoms with van der Waals surface area (Å²) in [7, 11) is 0. The first kappa shape index (κ1) is 8.65. The lowest BCUT2D eigenvalue weighted by molar-refractivity contribution is 0.852. The maximum absolute atomic E-state index is 5.43. The Labute approximate surface area is 83.9 Å². The molecule has 68 valence electrons. The molecule has 0 aliphatic carbocycles. The summed E-state index contributed by atoms with van der Waals surface area (Å²) in [6, 6.07) is 1.94. The molecule has 4 nitrogen and oxygen atoms in total. The van der Waals surface area contributed by atoms with Gasteiger partial charge in [-0.1, -0.05) is 0 Å². The number of fused-ring (bicyclic) bond motifs is 1. The summed E-state index contributed by atoms with van der Waals surface area (Å²) in [6.45, 7) is 0.616. The highest BCUT2D eigenvalue weighted by atomic mass is 79.9. The second-order valence-corrected chi connectivity index (χ2v) is 3.66. The molecule has 2 aromatic rings. The summed E-state index contributed by atoms with van der Waals surface area (Å²) < 4.78 is 2.66. The van der Waals surface area contributed by atoms with Gasteiger partial charge >= 0.3 is 0 Å². The molecule has 0 saturated heterocycles. The van der Waals surface area contributed by atoms with Crippen molar-refractivity contribution < 1.29 is 0 Å². The van der Waals surface area contributed by atoms with Gasteiger partial charge < -0.3 is 5.73 Å². The number of nitrogens with zero attached hydrogens (tertiary/aromatic N) is 3. The molecule has 2 heterocycles. The van der Waals surface area contributed by atoms with Crippen molar-refractivity contribution in [1.29, 1.82) is 0 Å². The van der Waals surface area contributed by atoms with E-state index in [9.17, 15) is 0 Å². The third-order valence-electron chi connectivity index (χ3n) is 1.73. The summed E-state index contributed by atoms with van der Waals surface area (Å²) >= 11 is 3.33. The molecule has 0 fully saturated rings. The standard InChI is InChI=1S/C8H9BrN4/c9-6-4-11-8-3-7(1-2-10)12-13(8)5-6/h3-5H,1-2,10H2. The fourth-order valence-corrected chi connectivity index (χ4v) is 1.47. The molecule has 0 spiro atoms.